The molecule has 1 fully saturated rings. The normalized spacial score (nSPS) is 15.7. The monoisotopic (exact) mass is 374 g/mol. The standard InChI is InChI=1S/C17H19BrN4O/c1-11-10-13(18)2-3-14(11)17(23)22-8-6-12(7-9-22)15-4-5-16(19)21-20-15/h2-5,10,12H,6-9H2,1H3,(H2,19,21). The highest BCUT2D eigenvalue weighted by molar-refractivity contribution is 9.10. The number of rotatable bonds is 2. The van der Waals surface area contributed by atoms with Gasteiger partial charge in [0.1, 0.15) is 5.82 Å². The number of carbonyl (C=O) groups is 1. The van der Waals surface area contributed by atoms with Crippen molar-refractivity contribution in [2.75, 3.05) is 18.8 Å². The molecule has 2 aromatic rings. The minimum atomic E-state index is 0.108. The number of carbonyl (C=O) groups excluding carboxylic acids is 1. The summed E-state index contributed by atoms with van der Waals surface area (Å²) in [5.41, 5.74) is 8.31. The van der Waals surface area contributed by atoms with E-state index < -0.39 is 0 Å². The maximum absolute atomic E-state index is 12.7. The van der Waals surface area contributed by atoms with Crippen molar-refractivity contribution < 1.29 is 4.79 Å². The van der Waals surface area contributed by atoms with Gasteiger partial charge in [0, 0.05) is 29.0 Å². The Morgan fingerprint density at radius 1 is 1.22 bits per heavy atom. The van der Waals surface area contributed by atoms with Crippen LogP contribution < -0.4 is 5.73 Å². The van der Waals surface area contributed by atoms with Gasteiger partial charge in [-0.15, -0.1) is 5.10 Å². The Labute approximate surface area is 144 Å². The molecule has 2 heterocycles. The third-order valence-electron chi connectivity index (χ3n) is 4.33. The first-order valence-corrected chi connectivity index (χ1v) is 8.48. The maximum Gasteiger partial charge on any atom is 0.254 e. The van der Waals surface area contributed by atoms with Gasteiger partial charge in [0.2, 0.25) is 0 Å². The van der Waals surface area contributed by atoms with Crippen LogP contribution in [0.2, 0.25) is 0 Å². The molecule has 5 nitrogen and oxygen atoms in total. The summed E-state index contributed by atoms with van der Waals surface area (Å²) in [4.78, 5) is 14.6. The van der Waals surface area contributed by atoms with Gasteiger partial charge in [-0.3, -0.25) is 4.79 Å². The summed E-state index contributed by atoms with van der Waals surface area (Å²) >= 11 is 3.43. The third kappa shape index (κ3) is 3.52. The van der Waals surface area contributed by atoms with Crippen LogP contribution >= 0.6 is 15.9 Å². The highest BCUT2D eigenvalue weighted by atomic mass is 79.9. The molecule has 23 heavy (non-hydrogen) atoms. The molecule has 0 bridgehead atoms. The minimum Gasteiger partial charge on any atom is -0.382 e. The fraction of sp³-hybridized carbons (Fsp3) is 0.353. The van der Waals surface area contributed by atoms with E-state index in [1.54, 1.807) is 6.07 Å². The quantitative estimate of drug-likeness (QED) is 0.875. The summed E-state index contributed by atoms with van der Waals surface area (Å²) in [6.45, 7) is 3.45. The van der Waals surface area contributed by atoms with Crippen molar-refractivity contribution >= 4 is 27.7 Å². The molecule has 6 heteroatoms. The molecule has 0 aliphatic carbocycles. The average Bonchev–Trinajstić information content (AvgIpc) is 2.55. The molecule has 0 atom stereocenters. The Morgan fingerprint density at radius 2 is 1.96 bits per heavy atom. The van der Waals surface area contributed by atoms with Crippen LogP contribution in [0, 0.1) is 6.92 Å². The number of nitrogen functional groups attached to an aromatic ring is 1. The fourth-order valence-electron chi connectivity index (χ4n) is 2.99. The van der Waals surface area contributed by atoms with Gasteiger partial charge in [-0.1, -0.05) is 15.9 Å². The molecule has 1 aliphatic rings. The number of hydrogen-bond acceptors (Lipinski definition) is 4. The molecule has 120 valence electrons. The Hall–Kier alpha value is -1.95. The van der Waals surface area contributed by atoms with E-state index in [4.69, 9.17) is 5.73 Å². The van der Waals surface area contributed by atoms with E-state index in [1.807, 2.05) is 36.1 Å². The molecule has 0 spiro atoms. The van der Waals surface area contributed by atoms with Gasteiger partial charge in [-0.05, 0) is 55.7 Å². The van der Waals surface area contributed by atoms with Gasteiger partial charge >= 0.3 is 0 Å². The molecule has 1 aromatic carbocycles. The number of nitrogens with zero attached hydrogens (tertiary/aromatic N) is 3. The van der Waals surface area contributed by atoms with Gasteiger partial charge < -0.3 is 10.6 Å². The van der Waals surface area contributed by atoms with E-state index >= 15 is 0 Å². The van der Waals surface area contributed by atoms with Crippen LogP contribution in [0.1, 0.15) is 40.4 Å². The Bertz CT molecular complexity index is 709. The fourth-order valence-corrected chi connectivity index (χ4v) is 3.46. The summed E-state index contributed by atoms with van der Waals surface area (Å²) in [6.07, 6.45) is 1.81. The van der Waals surface area contributed by atoms with Crippen LogP contribution in [0.15, 0.2) is 34.8 Å². The second-order valence-corrected chi connectivity index (χ2v) is 6.82. The topological polar surface area (TPSA) is 72.1 Å². The van der Waals surface area contributed by atoms with E-state index in [0.29, 0.717) is 11.7 Å². The molecule has 3 rings (SSSR count). The summed E-state index contributed by atoms with van der Waals surface area (Å²) in [5, 5.41) is 8.09. The lowest BCUT2D eigenvalue weighted by molar-refractivity contribution is 0.0711. The zero-order chi connectivity index (χ0) is 16.4. The van der Waals surface area contributed by atoms with Crippen LogP contribution in [-0.2, 0) is 0 Å². The summed E-state index contributed by atoms with van der Waals surface area (Å²) in [5.74, 6) is 0.891. The van der Waals surface area contributed by atoms with E-state index in [9.17, 15) is 4.79 Å². The zero-order valence-electron chi connectivity index (χ0n) is 13.0. The molecule has 2 N–H and O–H groups in total. The first kappa shape index (κ1) is 15.9. The maximum atomic E-state index is 12.7. The van der Waals surface area contributed by atoms with Gasteiger partial charge in [0.25, 0.3) is 5.91 Å². The van der Waals surface area contributed by atoms with Crippen LogP contribution in [0.5, 0.6) is 0 Å². The lowest BCUT2D eigenvalue weighted by atomic mass is 9.92. The van der Waals surface area contributed by atoms with Gasteiger partial charge in [-0.2, -0.15) is 5.10 Å². The first-order chi connectivity index (χ1) is 11.0. The molecule has 0 radical (unpaired) electrons. The Kier molecular flexibility index (Phi) is 4.61. The van der Waals surface area contributed by atoms with Crippen molar-refractivity contribution in [2.24, 2.45) is 0 Å². The van der Waals surface area contributed by atoms with E-state index in [-0.39, 0.29) is 5.91 Å². The largest absolute Gasteiger partial charge is 0.382 e. The number of hydrogen-bond donors (Lipinski definition) is 1. The van der Waals surface area contributed by atoms with Crippen molar-refractivity contribution in [3.8, 4) is 0 Å². The van der Waals surface area contributed by atoms with Crippen molar-refractivity contribution in [2.45, 2.75) is 25.7 Å². The number of halogens is 1. The van der Waals surface area contributed by atoms with Crippen molar-refractivity contribution in [3.05, 3.63) is 51.6 Å². The number of aryl methyl sites for hydroxylation is 1. The van der Waals surface area contributed by atoms with Crippen LogP contribution in [0.3, 0.4) is 0 Å². The third-order valence-corrected chi connectivity index (χ3v) is 4.82. The lowest BCUT2D eigenvalue weighted by Gasteiger charge is -2.32. The van der Waals surface area contributed by atoms with Crippen LogP contribution in [-0.4, -0.2) is 34.1 Å². The van der Waals surface area contributed by atoms with Crippen molar-refractivity contribution in [3.63, 3.8) is 0 Å². The summed E-state index contributed by atoms with van der Waals surface area (Å²) in [6, 6.07) is 9.49. The second-order valence-electron chi connectivity index (χ2n) is 5.91. The first-order valence-electron chi connectivity index (χ1n) is 7.69. The summed E-state index contributed by atoms with van der Waals surface area (Å²) < 4.78 is 0.993. The van der Waals surface area contributed by atoms with Gasteiger partial charge in [0.15, 0.2) is 0 Å². The minimum absolute atomic E-state index is 0.108. The van der Waals surface area contributed by atoms with Gasteiger partial charge in [0.05, 0.1) is 5.69 Å². The SMILES string of the molecule is Cc1cc(Br)ccc1C(=O)N1CCC(c2ccc(N)nn2)CC1. The number of aromatic nitrogens is 2. The van der Waals surface area contributed by atoms with Crippen molar-refractivity contribution in [1.29, 1.82) is 0 Å². The lowest BCUT2D eigenvalue weighted by Crippen LogP contribution is -2.38. The number of anilines is 1. The van der Waals surface area contributed by atoms with Crippen LogP contribution in [0.25, 0.3) is 0 Å². The molecular formula is C17H19BrN4O. The van der Waals surface area contributed by atoms with E-state index in [2.05, 4.69) is 26.1 Å². The number of likely N-dealkylation sites (tertiary alicyclic amines) is 1. The van der Waals surface area contributed by atoms with E-state index in [0.717, 1.165) is 47.2 Å². The Balaban J connectivity index is 1.66. The Morgan fingerprint density at radius 3 is 2.57 bits per heavy atom. The highest BCUT2D eigenvalue weighted by Gasteiger charge is 2.26. The molecule has 1 aliphatic heterocycles. The number of benzene rings is 1. The highest BCUT2D eigenvalue weighted by Crippen LogP contribution is 2.28. The zero-order valence-corrected chi connectivity index (χ0v) is 14.6. The van der Waals surface area contributed by atoms with Gasteiger partial charge in [-0.25, -0.2) is 0 Å². The molecule has 1 aromatic heterocycles. The second kappa shape index (κ2) is 6.66. The molecular weight excluding hydrogens is 356 g/mol. The number of piperidine rings is 1. The smallest absolute Gasteiger partial charge is 0.254 e. The molecule has 1 amide bonds. The molecule has 0 unspecified atom stereocenters. The van der Waals surface area contributed by atoms with Crippen molar-refractivity contribution in [1.82, 2.24) is 15.1 Å². The molecule has 0 saturated carbocycles. The predicted molar refractivity (Wildman–Crippen MR) is 93.2 cm³/mol. The number of amides is 1. The van der Waals surface area contributed by atoms with E-state index in [1.165, 1.54) is 0 Å². The molecule has 1 saturated heterocycles. The number of nitrogens with two attached hydrogens (primary N) is 1. The van der Waals surface area contributed by atoms with Crippen LogP contribution in [0.4, 0.5) is 5.82 Å². The summed E-state index contributed by atoms with van der Waals surface area (Å²) in [7, 11) is 0. The predicted octanol–water partition coefficient (Wildman–Crippen LogP) is 3.15. The average molecular weight is 375 g/mol.